The molecule has 0 bridgehead atoms. The van der Waals surface area contributed by atoms with E-state index < -0.39 is 0 Å². The van der Waals surface area contributed by atoms with Crippen LogP contribution in [0.15, 0.2) is 36.4 Å². The van der Waals surface area contributed by atoms with Crippen LogP contribution in [0.4, 0.5) is 0 Å². The molecular weight excluding hydrogens is 322 g/mol. The number of rotatable bonds is 9. The van der Waals surface area contributed by atoms with Gasteiger partial charge in [-0.15, -0.1) is 0 Å². The maximum atomic E-state index is 6.42. The predicted octanol–water partition coefficient (Wildman–Crippen LogP) is 5.13. The molecule has 0 unspecified atom stereocenters. The van der Waals surface area contributed by atoms with Gasteiger partial charge < -0.3 is 14.8 Å². The van der Waals surface area contributed by atoms with Crippen molar-refractivity contribution in [2.75, 3.05) is 13.2 Å². The Labute approximate surface area is 149 Å². The molecule has 2 rings (SSSR count). The van der Waals surface area contributed by atoms with Gasteiger partial charge in [0.25, 0.3) is 0 Å². The smallest absolute Gasteiger partial charge is 0.163 e. The van der Waals surface area contributed by atoms with Gasteiger partial charge in [0.05, 0.1) is 6.61 Å². The first-order valence-corrected chi connectivity index (χ1v) is 8.86. The zero-order chi connectivity index (χ0) is 17.4. The molecule has 0 aliphatic rings. The van der Waals surface area contributed by atoms with Gasteiger partial charge >= 0.3 is 0 Å². The third kappa shape index (κ3) is 5.15. The van der Waals surface area contributed by atoms with E-state index in [9.17, 15) is 0 Å². The summed E-state index contributed by atoms with van der Waals surface area (Å²) in [6.45, 7) is 8.96. The largest absolute Gasteiger partial charge is 0.490 e. The van der Waals surface area contributed by atoms with Crippen LogP contribution in [-0.4, -0.2) is 13.2 Å². The van der Waals surface area contributed by atoms with E-state index in [-0.39, 0.29) is 0 Å². The summed E-state index contributed by atoms with van der Waals surface area (Å²) in [6, 6.07) is 12.0. The van der Waals surface area contributed by atoms with Crippen molar-refractivity contribution in [3.05, 3.63) is 58.1 Å². The summed E-state index contributed by atoms with van der Waals surface area (Å²) in [4.78, 5) is 0. The van der Waals surface area contributed by atoms with Gasteiger partial charge in [0.2, 0.25) is 0 Å². The van der Waals surface area contributed by atoms with Crippen molar-refractivity contribution in [3.63, 3.8) is 0 Å². The fourth-order valence-electron chi connectivity index (χ4n) is 2.42. The lowest BCUT2D eigenvalue weighted by molar-refractivity contribution is 0.268. The van der Waals surface area contributed by atoms with E-state index in [1.54, 1.807) is 0 Å². The van der Waals surface area contributed by atoms with Crippen LogP contribution in [0.2, 0.25) is 5.02 Å². The minimum absolute atomic E-state index is 0.497. The number of nitrogens with one attached hydrogen (secondary N) is 1. The maximum absolute atomic E-state index is 6.42. The molecule has 0 aliphatic heterocycles. The maximum Gasteiger partial charge on any atom is 0.163 e. The van der Waals surface area contributed by atoms with E-state index in [1.165, 1.54) is 5.56 Å². The van der Waals surface area contributed by atoms with Gasteiger partial charge in [-0.3, -0.25) is 0 Å². The molecule has 4 heteroatoms. The van der Waals surface area contributed by atoms with Gasteiger partial charge in [0.15, 0.2) is 11.5 Å². The molecule has 0 radical (unpaired) electrons. The first kappa shape index (κ1) is 18.6. The molecule has 0 aliphatic carbocycles. The fraction of sp³-hybridized carbons (Fsp3) is 0.400. The summed E-state index contributed by atoms with van der Waals surface area (Å²) in [5, 5.41) is 4.06. The first-order valence-electron chi connectivity index (χ1n) is 8.49. The molecule has 0 spiro atoms. The van der Waals surface area contributed by atoms with Crippen molar-refractivity contribution in [1.82, 2.24) is 5.32 Å². The van der Waals surface area contributed by atoms with Crippen molar-refractivity contribution in [2.45, 2.75) is 40.3 Å². The van der Waals surface area contributed by atoms with Crippen molar-refractivity contribution in [2.24, 2.45) is 0 Å². The highest BCUT2D eigenvalue weighted by Crippen LogP contribution is 2.34. The molecule has 1 N–H and O–H groups in total. The van der Waals surface area contributed by atoms with Crippen LogP contribution in [0, 0.1) is 6.92 Å². The van der Waals surface area contributed by atoms with Crippen LogP contribution in [0.25, 0.3) is 0 Å². The lowest BCUT2D eigenvalue weighted by Gasteiger charge is -2.16. The Kier molecular flexibility index (Phi) is 7.41. The second-order valence-corrected chi connectivity index (χ2v) is 6.12. The minimum Gasteiger partial charge on any atom is -0.490 e. The van der Waals surface area contributed by atoms with Crippen LogP contribution >= 0.6 is 11.6 Å². The topological polar surface area (TPSA) is 30.5 Å². The SMILES string of the molecule is CCCNCc1cc(OCC)c(OCc2ccccc2C)cc1Cl. The van der Waals surface area contributed by atoms with E-state index >= 15 is 0 Å². The van der Waals surface area contributed by atoms with Crippen molar-refractivity contribution < 1.29 is 9.47 Å². The summed E-state index contributed by atoms with van der Waals surface area (Å²) in [6.07, 6.45) is 1.09. The Morgan fingerprint density at radius 3 is 2.46 bits per heavy atom. The average molecular weight is 348 g/mol. The van der Waals surface area contributed by atoms with Crippen molar-refractivity contribution >= 4 is 11.6 Å². The van der Waals surface area contributed by atoms with Gasteiger partial charge in [-0.25, -0.2) is 0 Å². The molecule has 0 heterocycles. The van der Waals surface area contributed by atoms with E-state index in [1.807, 2.05) is 31.2 Å². The number of halogens is 1. The molecule has 0 saturated heterocycles. The Balaban J connectivity index is 2.15. The Bertz CT molecular complexity index is 658. The summed E-state index contributed by atoms with van der Waals surface area (Å²) in [5.74, 6) is 1.42. The zero-order valence-electron chi connectivity index (χ0n) is 14.7. The molecule has 0 atom stereocenters. The Morgan fingerprint density at radius 2 is 1.75 bits per heavy atom. The van der Waals surface area contributed by atoms with Crippen LogP contribution in [0.5, 0.6) is 11.5 Å². The molecule has 0 aromatic heterocycles. The minimum atomic E-state index is 0.497. The van der Waals surface area contributed by atoms with Crippen molar-refractivity contribution in [3.8, 4) is 11.5 Å². The summed E-state index contributed by atoms with van der Waals surface area (Å²) < 4.78 is 11.7. The monoisotopic (exact) mass is 347 g/mol. The molecule has 24 heavy (non-hydrogen) atoms. The molecular formula is C20H26ClNO2. The van der Waals surface area contributed by atoms with Crippen LogP contribution in [0.1, 0.15) is 37.0 Å². The van der Waals surface area contributed by atoms with E-state index in [0.29, 0.717) is 24.0 Å². The number of benzene rings is 2. The van der Waals surface area contributed by atoms with E-state index in [4.69, 9.17) is 21.1 Å². The standard InChI is InChI=1S/C20H26ClNO2/c1-4-10-22-13-17-11-19(23-5-2)20(12-18(17)21)24-14-16-9-7-6-8-15(16)3/h6-9,11-12,22H,4-5,10,13-14H2,1-3H3. The van der Waals surface area contributed by atoms with Gasteiger partial charge in [-0.2, -0.15) is 0 Å². The van der Waals surface area contributed by atoms with Gasteiger partial charge in [-0.05, 0) is 49.6 Å². The van der Waals surface area contributed by atoms with Gasteiger partial charge in [-0.1, -0.05) is 42.8 Å². The molecule has 2 aromatic carbocycles. The molecule has 0 saturated carbocycles. The number of hydrogen-bond acceptors (Lipinski definition) is 3. The molecule has 130 valence electrons. The normalized spacial score (nSPS) is 10.7. The fourth-order valence-corrected chi connectivity index (χ4v) is 2.64. The number of hydrogen-bond donors (Lipinski definition) is 1. The first-order chi connectivity index (χ1) is 11.7. The molecule has 0 amide bonds. The summed E-state index contributed by atoms with van der Waals surface area (Å²) in [7, 11) is 0. The Morgan fingerprint density at radius 1 is 1.00 bits per heavy atom. The van der Waals surface area contributed by atoms with E-state index in [0.717, 1.165) is 36.4 Å². The second kappa shape index (κ2) is 9.55. The Hall–Kier alpha value is -1.71. The third-order valence-electron chi connectivity index (χ3n) is 3.80. The number of aryl methyl sites for hydroxylation is 1. The third-order valence-corrected chi connectivity index (χ3v) is 4.15. The molecule has 0 fully saturated rings. The van der Waals surface area contributed by atoms with E-state index in [2.05, 4.69) is 31.3 Å². The molecule has 2 aromatic rings. The lowest BCUT2D eigenvalue weighted by atomic mass is 10.1. The highest BCUT2D eigenvalue weighted by atomic mass is 35.5. The highest BCUT2D eigenvalue weighted by molar-refractivity contribution is 6.31. The predicted molar refractivity (Wildman–Crippen MR) is 100 cm³/mol. The van der Waals surface area contributed by atoms with Crippen LogP contribution in [-0.2, 0) is 13.2 Å². The van der Waals surface area contributed by atoms with Gasteiger partial charge in [0, 0.05) is 17.6 Å². The molecule has 3 nitrogen and oxygen atoms in total. The zero-order valence-corrected chi connectivity index (χ0v) is 15.5. The average Bonchev–Trinajstić information content (AvgIpc) is 2.57. The number of ether oxygens (including phenoxy) is 2. The quantitative estimate of drug-likeness (QED) is 0.638. The summed E-state index contributed by atoms with van der Waals surface area (Å²) >= 11 is 6.42. The van der Waals surface area contributed by atoms with Gasteiger partial charge in [0.1, 0.15) is 6.61 Å². The van der Waals surface area contributed by atoms with Crippen LogP contribution in [0.3, 0.4) is 0 Å². The van der Waals surface area contributed by atoms with Crippen molar-refractivity contribution in [1.29, 1.82) is 0 Å². The second-order valence-electron chi connectivity index (χ2n) is 5.72. The highest BCUT2D eigenvalue weighted by Gasteiger charge is 2.12. The summed E-state index contributed by atoms with van der Waals surface area (Å²) in [5.41, 5.74) is 3.39. The van der Waals surface area contributed by atoms with Crippen LogP contribution < -0.4 is 14.8 Å². The lowest BCUT2D eigenvalue weighted by Crippen LogP contribution is -2.14.